The van der Waals surface area contributed by atoms with Crippen molar-refractivity contribution in [2.75, 3.05) is 0 Å². The molecule has 27 heteroatoms. The Morgan fingerprint density at radius 3 is 0.909 bits per heavy atom. The Kier molecular flexibility index (Phi) is 3.06. The Hall–Kier alpha value is 0.160. The molecule has 0 aromatic carbocycles. The Balaban J connectivity index is 1.50. The van der Waals surface area contributed by atoms with Crippen molar-refractivity contribution in [1.29, 1.82) is 0 Å². The highest BCUT2D eigenvalue weighted by Crippen LogP contribution is 2.93. The van der Waals surface area contributed by atoms with Crippen molar-refractivity contribution in [1.82, 2.24) is 0 Å². The van der Waals surface area contributed by atoms with Crippen LogP contribution in [-0.4, -0.2) is 34.7 Å². The standard InChI is InChI=1S/C6O23P4/c7-30-18-2-1-3-5(22-31(8,21-3)23-13-3)6(20-30,17-29-33(10,25-12-1)28-16-5)4(2,19-30)15-27-32(9,24-11-1)26-14-2/t1-,2+,3+,4-,5-,6-,30?,31?,32?,33?/m0/s1. The molecule has 182 valence electrons. The van der Waals surface area contributed by atoms with Gasteiger partial charge in [0.05, 0.1) is 0 Å². The zero-order chi connectivity index (χ0) is 22.4. The van der Waals surface area contributed by atoms with E-state index in [0.717, 1.165) is 0 Å². The molecule has 0 radical (unpaired) electrons. The van der Waals surface area contributed by atoms with Crippen molar-refractivity contribution in [3.63, 3.8) is 0 Å². The molecule has 23 nitrogen and oxygen atoms in total. The fraction of sp³-hybridized carbons (Fsp3) is 1.00. The molecule has 1 saturated carbocycles. The largest absolute Gasteiger partial charge is 0.557 e. The lowest BCUT2D eigenvalue weighted by molar-refractivity contribution is -0.710. The molecule has 33 heavy (non-hydrogen) atoms. The van der Waals surface area contributed by atoms with Crippen LogP contribution in [0.1, 0.15) is 0 Å². The van der Waals surface area contributed by atoms with Crippen molar-refractivity contribution in [2.45, 2.75) is 34.7 Å². The monoisotopic (exact) mass is 564 g/mol. The van der Waals surface area contributed by atoms with E-state index in [1.54, 1.807) is 0 Å². The van der Waals surface area contributed by atoms with Crippen LogP contribution in [0, 0.1) is 0 Å². The van der Waals surface area contributed by atoms with Gasteiger partial charge in [-0.1, -0.05) is 0 Å². The van der Waals surface area contributed by atoms with Crippen LogP contribution in [0.3, 0.4) is 0 Å². The van der Waals surface area contributed by atoms with Gasteiger partial charge >= 0.3 is 66.0 Å². The molecule has 0 aromatic rings. The van der Waals surface area contributed by atoms with Gasteiger partial charge in [0.1, 0.15) is 0 Å². The van der Waals surface area contributed by atoms with Gasteiger partial charge in [-0.05, 0) is 0 Å². The molecule has 6 spiro atoms. The molecule has 0 amide bonds. The molecular formula is C6O23P4. The van der Waals surface area contributed by atoms with Gasteiger partial charge in [-0.25, -0.2) is 40.9 Å². The molecule has 4 unspecified atom stereocenters. The van der Waals surface area contributed by atoms with Gasteiger partial charge < -0.3 is 0 Å². The number of fused-ring (bicyclic) bond motifs is 5. The summed E-state index contributed by atoms with van der Waals surface area (Å²) in [6.07, 6.45) is 0. The molecule has 10 aliphatic heterocycles. The lowest BCUT2D eigenvalue weighted by atomic mass is 9.69. The topological polar surface area (TPSA) is 244 Å². The van der Waals surface area contributed by atoms with Crippen LogP contribution in [0.2, 0.25) is 0 Å². The van der Waals surface area contributed by atoms with Gasteiger partial charge in [0.25, 0.3) is 0 Å². The van der Waals surface area contributed by atoms with Gasteiger partial charge in [0.2, 0.25) is 0 Å². The van der Waals surface area contributed by atoms with E-state index in [4.69, 9.17) is 56.8 Å². The molecule has 10 heterocycles. The number of hydrogen-bond donors (Lipinski definition) is 0. The van der Waals surface area contributed by atoms with E-state index in [2.05, 4.69) is 32.7 Å². The average molecular weight is 564 g/mol. The van der Waals surface area contributed by atoms with Crippen molar-refractivity contribution in [3.8, 4) is 0 Å². The maximum Gasteiger partial charge on any atom is 0.557 e. The quantitative estimate of drug-likeness (QED) is 0.286. The SMILES string of the molecule is O=P12OO[C@@]34OOP5(=O)OO[C@@]6(OP7(=O)OO[C@@]36O7)[C@@]3(OO5)OP5(=O)O[C@@]3(OO1)[C@]4(OO2)O5. The maximum absolute atomic E-state index is 13.3. The van der Waals surface area contributed by atoms with Crippen LogP contribution in [-0.2, 0) is 108 Å². The van der Waals surface area contributed by atoms with Gasteiger partial charge in [0, 0.05) is 0 Å². The van der Waals surface area contributed by atoms with E-state index >= 15 is 0 Å². The predicted molar refractivity (Wildman–Crippen MR) is 67.4 cm³/mol. The zero-order valence-electron chi connectivity index (χ0n) is 14.2. The van der Waals surface area contributed by atoms with E-state index in [1.165, 1.54) is 0 Å². The van der Waals surface area contributed by atoms with E-state index in [-0.39, 0.29) is 0 Å². The van der Waals surface area contributed by atoms with Crippen molar-refractivity contribution >= 4 is 31.3 Å². The third-order valence-corrected chi connectivity index (χ3v) is 9.73. The minimum atomic E-state index is -5.16. The van der Waals surface area contributed by atoms with E-state index < -0.39 is 66.0 Å². The van der Waals surface area contributed by atoms with Crippen LogP contribution >= 0.6 is 31.3 Å². The minimum absolute atomic E-state index is 3.27. The van der Waals surface area contributed by atoms with Crippen molar-refractivity contribution < 1.29 is 108 Å². The Morgan fingerprint density at radius 1 is 0.303 bits per heavy atom. The molecule has 11 aliphatic rings. The average Bonchev–Trinajstić information content (AvgIpc) is 3.34. The third-order valence-electron chi connectivity index (χ3n) is 5.52. The molecular weight excluding hydrogens is 564 g/mol. The Bertz CT molecular complexity index is 1260. The summed E-state index contributed by atoms with van der Waals surface area (Å²) in [5.41, 5.74) is 0. The highest BCUT2D eigenvalue weighted by molar-refractivity contribution is 7.50. The normalized spacial score (nSPS) is 72.2. The fourth-order valence-electron chi connectivity index (χ4n) is 4.41. The van der Waals surface area contributed by atoms with Gasteiger partial charge in [-0.2, -0.15) is 34.2 Å². The first-order chi connectivity index (χ1) is 15.5. The molecule has 10 saturated heterocycles. The molecule has 10 bridgehead atoms. The molecule has 10 atom stereocenters. The molecule has 11 fully saturated rings. The Morgan fingerprint density at radius 2 is 0.545 bits per heavy atom. The number of phosphoric acid groups is 4. The van der Waals surface area contributed by atoms with Crippen molar-refractivity contribution in [2.24, 2.45) is 0 Å². The summed E-state index contributed by atoms with van der Waals surface area (Å²) in [4.78, 5) is 35.3. The molecule has 1 aliphatic carbocycles. The van der Waals surface area contributed by atoms with Gasteiger partial charge in [0.15, 0.2) is 0 Å². The molecule has 11 rings (SSSR count). The third kappa shape index (κ3) is 1.65. The number of rotatable bonds is 0. The van der Waals surface area contributed by atoms with E-state index in [0.29, 0.717) is 0 Å². The first-order valence-electron chi connectivity index (χ1n) is 8.04. The highest BCUT2D eigenvalue weighted by Gasteiger charge is 3.15. The summed E-state index contributed by atoms with van der Waals surface area (Å²) in [5.74, 6) is -20.0. The summed E-state index contributed by atoms with van der Waals surface area (Å²) < 4.78 is 110. The zero-order valence-corrected chi connectivity index (χ0v) is 17.8. The predicted octanol–water partition coefficient (Wildman–Crippen LogP) is 0.439. The lowest BCUT2D eigenvalue weighted by Gasteiger charge is -2.61. The lowest BCUT2D eigenvalue weighted by Crippen LogP contribution is -2.96. The molecule has 0 N–H and O–H groups in total. The maximum atomic E-state index is 13.3. The van der Waals surface area contributed by atoms with Gasteiger partial charge in [-0.15, -0.1) is 32.7 Å². The van der Waals surface area contributed by atoms with Crippen LogP contribution in [0.15, 0.2) is 0 Å². The number of hydrogen-bond acceptors (Lipinski definition) is 23. The molecule has 0 aromatic heterocycles. The summed E-state index contributed by atoms with van der Waals surface area (Å²) in [7, 11) is -20.2. The van der Waals surface area contributed by atoms with E-state index in [9.17, 15) is 18.3 Å². The van der Waals surface area contributed by atoms with Crippen molar-refractivity contribution in [3.05, 3.63) is 0 Å². The Labute approximate surface area is 174 Å². The second kappa shape index (κ2) is 4.98. The fourth-order valence-corrected chi connectivity index (χ4v) is 9.07. The highest BCUT2D eigenvalue weighted by atomic mass is 31.2. The van der Waals surface area contributed by atoms with Gasteiger partial charge in [-0.3, -0.25) is 0 Å². The van der Waals surface area contributed by atoms with E-state index in [1.807, 2.05) is 0 Å². The summed E-state index contributed by atoms with van der Waals surface area (Å²) in [5, 5.41) is 0. The summed E-state index contributed by atoms with van der Waals surface area (Å²) in [6.45, 7) is 0. The first kappa shape index (κ1) is 20.2. The second-order valence-corrected chi connectivity index (χ2v) is 12.6. The number of phosphoric ester groups is 2. The second-order valence-electron chi connectivity index (χ2n) is 7.05. The van der Waals surface area contributed by atoms with Crippen LogP contribution < -0.4 is 0 Å². The summed E-state index contributed by atoms with van der Waals surface area (Å²) >= 11 is 0. The smallest absolute Gasteiger partial charge is 0.238 e. The van der Waals surface area contributed by atoms with Crippen LogP contribution in [0.25, 0.3) is 0 Å². The first-order valence-corrected chi connectivity index (χ1v) is 13.9. The summed E-state index contributed by atoms with van der Waals surface area (Å²) in [6, 6.07) is 0. The minimum Gasteiger partial charge on any atom is -0.238 e. The van der Waals surface area contributed by atoms with Crippen LogP contribution in [0.5, 0.6) is 0 Å². The van der Waals surface area contributed by atoms with Crippen LogP contribution in [0.4, 0.5) is 0 Å².